The largest absolute Gasteiger partial charge is 0.462 e. The van der Waals surface area contributed by atoms with E-state index < -0.39 is 11.9 Å². The number of nitrogens with zero attached hydrogens (tertiary/aromatic N) is 1. The van der Waals surface area contributed by atoms with Crippen LogP contribution in [0.5, 0.6) is 0 Å². The number of likely N-dealkylation sites (tertiary alicyclic amines) is 1. The molecular formula is C23H22N2O5S. The number of ether oxygens (including phenoxy) is 1. The highest BCUT2D eigenvalue weighted by Gasteiger charge is 2.47. The molecule has 1 aliphatic carbocycles. The number of fused-ring (bicyclic) bond motifs is 1. The third-order valence-electron chi connectivity index (χ3n) is 5.51. The lowest BCUT2D eigenvalue weighted by atomic mass is 9.85. The van der Waals surface area contributed by atoms with Gasteiger partial charge in [-0.3, -0.25) is 19.3 Å². The Hall–Kier alpha value is -3.26. The van der Waals surface area contributed by atoms with E-state index in [2.05, 4.69) is 5.32 Å². The Labute approximate surface area is 183 Å². The average Bonchev–Trinajstić information content (AvgIpc) is 3.30. The summed E-state index contributed by atoms with van der Waals surface area (Å²) in [6.07, 6.45) is 4.84. The summed E-state index contributed by atoms with van der Waals surface area (Å²) in [5, 5.41) is 4.82. The zero-order valence-electron chi connectivity index (χ0n) is 17.0. The molecule has 0 saturated carbocycles. The number of esters is 1. The predicted octanol–water partition coefficient (Wildman–Crippen LogP) is 3.48. The highest BCUT2D eigenvalue weighted by atomic mass is 32.1. The van der Waals surface area contributed by atoms with Crippen molar-refractivity contribution >= 4 is 40.0 Å². The van der Waals surface area contributed by atoms with Crippen LogP contribution < -0.4 is 5.32 Å². The first-order chi connectivity index (χ1) is 15.0. The number of imide groups is 1. The lowest BCUT2D eigenvalue weighted by Crippen LogP contribution is -2.38. The number of amides is 3. The molecule has 0 radical (unpaired) electrons. The van der Waals surface area contributed by atoms with Gasteiger partial charge in [-0.05, 0) is 25.3 Å². The molecule has 0 spiro atoms. The monoisotopic (exact) mass is 438 g/mol. The Balaban J connectivity index is 1.54. The number of anilines is 1. The second-order valence-corrected chi connectivity index (χ2v) is 8.29. The van der Waals surface area contributed by atoms with Gasteiger partial charge in [0.05, 0.1) is 18.4 Å². The van der Waals surface area contributed by atoms with Crippen LogP contribution in [0.4, 0.5) is 5.00 Å². The molecule has 1 aromatic carbocycles. The molecule has 1 aromatic heterocycles. The molecule has 4 rings (SSSR count). The maximum Gasteiger partial charge on any atom is 0.341 e. The van der Waals surface area contributed by atoms with Crippen molar-refractivity contribution in [3.05, 3.63) is 53.4 Å². The van der Waals surface area contributed by atoms with E-state index in [4.69, 9.17) is 4.74 Å². The van der Waals surface area contributed by atoms with Gasteiger partial charge in [-0.2, -0.15) is 0 Å². The molecule has 2 aliphatic rings. The first-order valence-corrected chi connectivity index (χ1v) is 11.0. The molecule has 2 heterocycles. The number of allylic oxidation sites excluding steroid dienone is 2. The van der Waals surface area contributed by atoms with Crippen LogP contribution in [-0.4, -0.2) is 41.7 Å². The van der Waals surface area contributed by atoms with Crippen LogP contribution in [0, 0.1) is 11.8 Å². The van der Waals surface area contributed by atoms with Gasteiger partial charge < -0.3 is 10.1 Å². The molecule has 7 nitrogen and oxygen atoms in total. The van der Waals surface area contributed by atoms with Gasteiger partial charge in [-0.1, -0.05) is 42.5 Å². The van der Waals surface area contributed by atoms with Gasteiger partial charge in [0.25, 0.3) is 0 Å². The quantitative estimate of drug-likeness (QED) is 0.423. The highest BCUT2D eigenvalue weighted by Crippen LogP contribution is 2.37. The minimum Gasteiger partial charge on any atom is -0.462 e. The molecule has 1 saturated heterocycles. The van der Waals surface area contributed by atoms with Crippen LogP contribution in [0.2, 0.25) is 0 Å². The van der Waals surface area contributed by atoms with Crippen LogP contribution >= 0.6 is 11.3 Å². The van der Waals surface area contributed by atoms with Gasteiger partial charge in [0.1, 0.15) is 17.1 Å². The van der Waals surface area contributed by atoms with Crippen LogP contribution in [0.25, 0.3) is 11.1 Å². The SMILES string of the molecule is CCOC(=O)c1c(-c2ccccc2)csc1NC(=O)CN1C(=O)[C@H]2CC=CC[C@H]2C1=O. The smallest absolute Gasteiger partial charge is 0.341 e. The number of hydrogen-bond acceptors (Lipinski definition) is 6. The van der Waals surface area contributed by atoms with Crippen molar-refractivity contribution in [2.24, 2.45) is 11.8 Å². The van der Waals surface area contributed by atoms with Crippen LogP contribution in [-0.2, 0) is 19.1 Å². The van der Waals surface area contributed by atoms with Crippen LogP contribution in [0.3, 0.4) is 0 Å². The molecule has 160 valence electrons. The van der Waals surface area contributed by atoms with Gasteiger partial charge in [-0.15, -0.1) is 11.3 Å². The maximum atomic E-state index is 12.7. The molecule has 8 heteroatoms. The fourth-order valence-corrected chi connectivity index (χ4v) is 4.99. The molecule has 1 N–H and O–H groups in total. The number of carbonyl (C=O) groups excluding carboxylic acids is 4. The van der Waals surface area contributed by atoms with Crippen LogP contribution in [0.15, 0.2) is 47.9 Å². The highest BCUT2D eigenvalue weighted by molar-refractivity contribution is 7.15. The summed E-state index contributed by atoms with van der Waals surface area (Å²) in [4.78, 5) is 51.6. The number of nitrogens with one attached hydrogen (secondary N) is 1. The molecule has 1 aliphatic heterocycles. The minimum absolute atomic E-state index is 0.198. The van der Waals surface area contributed by atoms with E-state index >= 15 is 0 Å². The predicted molar refractivity (Wildman–Crippen MR) is 116 cm³/mol. The minimum atomic E-state index is -0.539. The van der Waals surface area contributed by atoms with Gasteiger partial charge in [0, 0.05) is 10.9 Å². The first-order valence-electron chi connectivity index (χ1n) is 10.1. The molecule has 3 amide bonds. The summed E-state index contributed by atoms with van der Waals surface area (Å²) in [6.45, 7) is 1.54. The van der Waals surface area contributed by atoms with Crippen molar-refractivity contribution < 1.29 is 23.9 Å². The van der Waals surface area contributed by atoms with Gasteiger partial charge in [0.2, 0.25) is 17.7 Å². The Morgan fingerprint density at radius 2 is 1.74 bits per heavy atom. The third kappa shape index (κ3) is 4.03. The normalized spacial score (nSPS) is 20.0. The molecule has 2 aromatic rings. The fraction of sp³-hybridized carbons (Fsp3) is 0.304. The number of benzene rings is 1. The van der Waals surface area contributed by atoms with Crippen molar-refractivity contribution in [3.8, 4) is 11.1 Å². The summed E-state index contributed by atoms with van der Waals surface area (Å²) < 4.78 is 5.19. The summed E-state index contributed by atoms with van der Waals surface area (Å²) in [7, 11) is 0. The van der Waals surface area contributed by atoms with Crippen molar-refractivity contribution in [3.63, 3.8) is 0 Å². The van der Waals surface area contributed by atoms with E-state index in [0.717, 1.165) is 10.5 Å². The molecule has 0 bridgehead atoms. The van der Waals surface area contributed by atoms with Gasteiger partial charge in [-0.25, -0.2) is 4.79 Å². The van der Waals surface area contributed by atoms with E-state index in [0.29, 0.717) is 23.4 Å². The number of hydrogen-bond donors (Lipinski definition) is 1. The van der Waals surface area contributed by atoms with E-state index in [9.17, 15) is 19.2 Å². The molecule has 0 unspecified atom stereocenters. The van der Waals surface area contributed by atoms with Gasteiger partial charge in [0.15, 0.2) is 0 Å². The molecule has 1 fully saturated rings. The fourth-order valence-electron chi connectivity index (χ4n) is 4.02. The Morgan fingerprint density at radius 3 is 2.35 bits per heavy atom. The second-order valence-electron chi connectivity index (χ2n) is 7.41. The van der Waals surface area contributed by atoms with E-state index in [1.807, 2.05) is 42.5 Å². The van der Waals surface area contributed by atoms with Crippen LogP contribution in [0.1, 0.15) is 30.1 Å². The maximum absolute atomic E-state index is 12.7. The van der Waals surface area contributed by atoms with Crippen molar-refractivity contribution in [2.75, 3.05) is 18.5 Å². The number of carbonyl (C=O) groups is 4. The molecule has 2 atom stereocenters. The van der Waals surface area contributed by atoms with E-state index in [1.165, 1.54) is 11.3 Å². The zero-order valence-corrected chi connectivity index (χ0v) is 17.8. The zero-order chi connectivity index (χ0) is 22.0. The molecule has 31 heavy (non-hydrogen) atoms. The number of rotatable bonds is 6. The Bertz CT molecular complexity index is 1030. The third-order valence-corrected chi connectivity index (χ3v) is 6.40. The summed E-state index contributed by atoms with van der Waals surface area (Å²) >= 11 is 1.20. The van der Waals surface area contributed by atoms with Crippen molar-refractivity contribution in [1.29, 1.82) is 0 Å². The van der Waals surface area contributed by atoms with E-state index in [-0.39, 0.29) is 42.4 Å². The van der Waals surface area contributed by atoms with Crippen molar-refractivity contribution in [1.82, 2.24) is 4.90 Å². The van der Waals surface area contributed by atoms with E-state index in [1.54, 1.807) is 12.3 Å². The van der Waals surface area contributed by atoms with Gasteiger partial charge >= 0.3 is 5.97 Å². The summed E-state index contributed by atoms with van der Waals surface area (Å²) in [5.41, 5.74) is 1.75. The topological polar surface area (TPSA) is 92.8 Å². The Morgan fingerprint density at radius 1 is 1.10 bits per heavy atom. The number of thiophene rings is 1. The second kappa shape index (κ2) is 8.85. The first kappa shape index (κ1) is 21.0. The van der Waals surface area contributed by atoms with Crippen molar-refractivity contribution in [2.45, 2.75) is 19.8 Å². The average molecular weight is 439 g/mol. The lowest BCUT2D eigenvalue weighted by Gasteiger charge is -2.14. The standard InChI is InChI=1S/C23H22N2O5S/c1-2-30-23(29)19-17(14-8-4-3-5-9-14)13-31-20(19)24-18(26)12-25-21(27)15-10-6-7-11-16(15)22(25)28/h3-9,13,15-16H,2,10-12H2,1H3,(H,24,26)/t15-,16+. The summed E-state index contributed by atoms with van der Waals surface area (Å²) in [6, 6.07) is 9.33. The lowest BCUT2D eigenvalue weighted by molar-refractivity contribution is -0.142. The summed E-state index contributed by atoms with van der Waals surface area (Å²) in [5.74, 6) is -2.45. The Kier molecular flexibility index (Phi) is 5.99. The molecular weight excluding hydrogens is 416 g/mol.